The first kappa shape index (κ1) is 22.8. The highest BCUT2D eigenvalue weighted by molar-refractivity contribution is 6.05. The van der Waals surface area contributed by atoms with Crippen molar-refractivity contribution in [3.63, 3.8) is 0 Å². The lowest BCUT2D eigenvalue weighted by Crippen LogP contribution is -2.50. The molecule has 0 radical (unpaired) electrons. The lowest BCUT2D eigenvalue weighted by atomic mass is 10.1. The molecule has 186 valence electrons. The van der Waals surface area contributed by atoms with E-state index in [1.54, 1.807) is 11.1 Å². The summed E-state index contributed by atoms with van der Waals surface area (Å²) >= 11 is 0. The van der Waals surface area contributed by atoms with E-state index < -0.39 is 6.03 Å². The molecule has 1 aromatic heterocycles. The van der Waals surface area contributed by atoms with E-state index in [1.807, 2.05) is 11.6 Å². The highest BCUT2D eigenvalue weighted by Gasteiger charge is 2.28. The number of nitrogens with one attached hydrogen (secondary N) is 1. The first-order valence-corrected chi connectivity index (χ1v) is 12.8. The third-order valence-electron chi connectivity index (χ3n) is 7.48. The molecular formula is C28H31N5O3. The first-order chi connectivity index (χ1) is 17.5. The van der Waals surface area contributed by atoms with Crippen LogP contribution in [0, 0.1) is 0 Å². The van der Waals surface area contributed by atoms with Gasteiger partial charge < -0.3 is 9.30 Å². The number of carbonyl (C=O) groups is 2. The van der Waals surface area contributed by atoms with Crippen LogP contribution in [0.4, 0.5) is 10.6 Å². The van der Waals surface area contributed by atoms with Crippen LogP contribution >= 0.6 is 0 Å². The normalized spacial score (nSPS) is 18.5. The third kappa shape index (κ3) is 4.48. The van der Waals surface area contributed by atoms with Gasteiger partial charge in [-0.3, -0.25) is 19.9 Å². The van der Waals surface area contributed by atoms with Crippen molar-refractivity contribution in [2.24, 2.45) is 7.05 Å². The number of benzene rings is 2. The lowest BCUT2D eigenvalue weighted by molar-refractivity contribution is -0.120. The van der Waals surface area contributed by atoms with E-state index in [-0.39, 0.29) is 12.3 Å². The number of amides is 3. The van der Waals surface area contributed by atoms with Gasteiger partial charge in [0.15, 0.2) is 0 Å². The van der Waals surface area contributed by atoms with Crippen LogP contribution in [0.15, 0.2) is 48.7 Å². The van der Waals surface area contributed by atoms with E-state index in [1.165, 1.54) is 42.4 Å². The number of imidazole rings is 1. The van der Waals surface area contributed by atoms with E-state index in [0.717, 1.165) is 36.8 Å². The van der Waals surface area contributed by atoms with Gasteiger partial charge in [-0.1, -0.05) is 24.3 Å². The monoisotopic (exact) mass is 485 g/mol. The van der Waals surface area contributed by atoms with E-state index in [9.17, 15) is 9.59 Å². The average molecular weight is 486 g/mol. The van der Waals surface area contributed by atoms with Crippen molar-refractivity contribution in [3.8, 4) is 17.1 Å². The van der Waals surface area contributed by atoms with Crippen molar-refractivity contribution in [3.05, 3.63) is 65.4 Å². The van der Waals surface area contributed by atoms with Gasteiger partial charge in [0.1, 0.15) is 17.4 Å². The maximum atomic E-state index is 12.3. The second kappa shape index (κ2) is 9.43. The van der Waals surface area contributed by atoms with Gasteiger partial charge in [-0.05, 0) is 60.6 Å². The molecular weight excluding hydrogens is 454 g/mol. The number of fused-ring (bicyclic) bond motifs is 1. The minimum absolute atomic E-state index is 0.241. The zero-order valence-corrected chi connectivity index (χ0v) is 20.6. The van der Waals surface area contributed by atoms with Gasteiger partial charge in [-0.15, -0.1) is 0 Å². The molecule has 8 heteroatoms. The molecule has 0 atom stereocenters. The molecule has 0 unspecified atom stereocenters. The van der Waals surface area contributed by atoms with Gasteiger partial charge in [0.25, 0.3) is 0 Å². The highest BCUT2D eigenvalue weighted by Crippen LogP contribution is 2.31. The number of anilines is 1. The Morgan fingerprint density at radius 1 is 1.03 bits per heavy atom. The zero-order chi connectivity index (χ0) is 24.6. The summed E-state index contributed by atoms with van der Waals surface area (Å²) in [5.41, 5.74) is 4.95. The average Bonchev–Trinajstić information content (AvgIpc) is 3.60. The van der Waals surface area contributed by atoms with Gasteiger partial charge in [0.2, 0.25) is 5.91 Å². The summed E-state index contributed by atoms with van der Waals surface area (Å²) in [4.78, 5) is 32.4. The molecule has 1 saturated heterocycles. The van der Waals surface area contributed by atoms with Crippen molar-refractivity contribution < 1.29 is 14.3 Å². The summed E-state index contributed by atoms with van der Waals surface area (Å²) < 4.78 is 8.02. The molecule has 0 spiro atoms. The zero-order valence-electron chi connectivity index (χ0n) is 20.6. The number of hydrogen-bond donors (Lipinski definition) is 1. The third-order valence-corrected chi connectivity index (χ3v) is 7.48. The minimum Gasteiger partial charge on any atom is -0.490 e. The fraction of sp³-hybridized carbons (Fsp3) is 0.393. The standard InChI is InChI=1S/C28H31N5O3/c1-31-26(33-13-12-25(34)30-28(33)35)15-29-27(31)20-8-9-21-17-32(18-22(21)14-20)16-19-6-10-24(11-7-19)36-23-4-2-3-5-23/h6-11,14-15,23H,2-5,12-13,16-18H2,1H3,(H,30,34,35). The van der Waals surface area contributed by atoms with Crippen molar-refractivity contribution in [2.75, 3.05) is 11.4 Å². The van der Waals surface area contributed by atoms with Crippen molar-refractivity contribution in [2.45, 2.75) is 57.8 Å². The molecule has 6 rings (SSSR count). The van der Waals surface area contributed by atoms with Crippen LogP contribution in [0.1, 0.15) is 48.8 Å². The number of ether oxygens (including phenoxy) is 1. The molecule has 1 aliphatic carbocycles. The Hall–Kier alpha value is -3.65. The van der Waals surface area contributed by atoms with E-state index >= 15 is 0 Å². The molecule has 3 aromatic rings. The topological polar surface area (TPSA) is 79.7 Å². The lowest BCUT2D eigenvalue weighted by Gasteiger charge is -2.26. The van der Waals surface area contributed by atoms with Crippen molar-refractivity contribution in [1.29, 1.82) is 0 Å². The van der Waals surface area contributed by atoms with Crippen LogP contribution in [0.25, 0.3) is 11.4 Å². The number of carbonyl (C=O) groups excluding carboxylic acids is 2. The van der Waals surface area contributed by atoms with Gasteiger partial charge in [-0.25, -0.2) is 9.78 Å². The van der Waals surface area contributed by atoms with E-state index in [0.29, 0.717) is 18.5 Å². The van der Waals surface area contributed by atoms with Crippen LogP contribution in [0.2, 0.25) is 0 Å². The van der Waals surface area contributed by atoms with Crippen LogP contribution < -0.4 is 15.0 Å². The van der Waals surface area contributed by atoms with Gasteiger partial charge in [0.05, 0.1) is 12.3 Å². The molecule has 2 aliphatic heterocycles. The minimum atomic E-state index is -0.400. The number of urea groups is 1. The number of hydrogen-bond acceptors (Lipinski definition) is 5. The highest BCUT2D eigenvalue weighted by atomic mass is 16.5. The van der Waals surface area contributed by atoms with Crippen LogP contribution in [0.5, 0.6) is 5.75 Å². The summed E-state index contributed by atoms with van der Waals surface area (Å²) in [5, 5.41) is 2.38. The second-order valence-corrected chi connectivity index (χ2v) is 10.1. The van der Waals surface area contributed by atoms with Gasteiger partial charge >= 0.3 is 6.03 Å². The molecule has 1 N–H and O–H groups in total. The maximum Gasteiger partial charge on any atom is 0.329 e. The van der Waals surface area contributed by atoms with Crippen LogP contribution in [-0.2, 0) is 31.5 Å². The fourth-order valence-electron chi connectivity index (χ4n) is 5.55. The van der Waals surface area contributed by atoms with Gasteiger partial charge in [-0.2, -0.15) is 0 Å². The Morgan fingerprint density at radius 3 is 2.58 bits per heavy atom. The summed E-state index contributed by atoms with van der Waals surface area (Å²) in [5.74, 6) is 2.21. The Bertz CT molecular complexity index is 1290. The first-order valence-electron chi connectivity index (χ1n) is 12.8. The quantitative estimate of drug-likeness (QED) is 0.561. The van der Waals surface area contributed by atoms with Crippen LogP contribution in [-0.4, -0.2) is 39.0 Å². The fourth-order valence-corrected chi connectivity index (χ4v) is 5.55. The molecule has 3 heterocycles. The molecule has 36 heavy (non-hydrogen) atoms. The Balaban J connectivity index is 1.12. The maximum absolute atomic E-state index is 12.3. The predicted octanol–water partition coefficient (Wildman–Crippen LogP) is 4.37. The molecule has 2 fully saturated rings. The summed E-state index contributed by atoms with van der Waals surface area (Å²) in [6, 6.07) is 14.7. The van der Waals surface area contributed by atoms with Crippen LogP contribution in [0.3, 0.4) is 0 Å². The van der Waals surface area contributed by atoms with E-state index in [2.05, 4.69) is 57.7 Å². The predicted molar refractivity (Wildman–Crippen MR) is 136 cm³/mol. The number of aromatic nitrogens is 2. The number of rotatable bonds is 6. The van der Waals surface area contributed by atoms with Crippen molar-refractivity contribution >= 4 is 17.8 Å². The summed E-state index contributed by atoms with van der Waals surface area (Å²) in [6.45, 7) is 3.06. The SMILES string of the molecule is Cn1c(N2CCC(=O)NC2=O)cnc1-c1ccc2c(c1)CN(Cc1ccc(OC3CCCC3)cc1)C2. The molecule has 3 amide bonds. The second-order valence-electron chi connectivity index (χ2n) is 10.1. The Labute approximate surface area is 210 Å². The summed E-state index contributed by atoms with van der Waals surface area (Å²) in [6.07, 6.45) is 7.27. The number of imide groups is 1. The molecule has 8 nitrogen and oxygen atoms in total. The Morgan fingerprint density at radius 2 is 1.81 bits per heavy atom. The smallest absolute Gasteiger partial charge is 0.329 e. The largest absolute Gasteiger partial charge is 0.490 e. The summed E-state index contributed by atoms with van der Waals surface area (Å²) in [7, 11) is 1.90. The van der Waals surface area contributed by atoms with E-state index in [4.69, 9.17) is 4.74 Å². The number of nitrogens with zero attached hydrogens (tertiary/aromatic N) is 4. The van der Waals surface area contributed by atoms with Crippen molar-refractivity contribution in [1.82, 2.24) is 19.8 Å². The van der Waals surface area contributed by atoms with Gasteiger partial charge in [0, 0.05) is 45.2 Å². The molecule has 1 saturated carbocycles. The Kier molecular flexibility index (Phi) is 5.97. The molecule has 0 bridgehead atoms. The molecule has 3 aliphatic rings. The molecule has 2 aromatic carbocycles.